The molecule has 3 heteroatoms. The molecule has 2 bridgehead atoms. The van der Waals surface area contributed by atoms with E-state index >= 15 is 0 Å². The quantitative estimate of drug-likeness (QED) is 0.754. The fraction of sp³-hybridized carbons (Fsp3) is 0.458. The standard InChI is InChI=1S/C24H30N2O/c1-2-24(27)26(21-11-7-4-8-12-21)23-17-20-13-14-22(23)25(18-20)16-15-19-9-5-3-6-10-19/h3-12,20,22-23H,2,13-18H2,1H3/t20-,22-,23-/m1/s1. The van der Waals surface area contributed by atoms with E-state index < -0.39 is 0 Å². The van der Waals surface area contributed by atoms with Gasteiger partial charge < -0.3 is 4.90 Å². The van der Waals surface area contributed by atoms with Crippen LogP contribution < -0.4 is 4.90 Å². The molecule has 1 aliphatic carbocycles. The summed E-state index contributed by atoms with van der Waals surface area (Å²) in [5.41, 5.74) is 2.46. The lowest BCUT2D eigenvalue weighted by atomic mass is 9.75. The van der Waals surface area contributed by atoms with E-state index in [2.05, 4.69) is 52.3 Å². The first-order valence-corrected chi connectivity index (χ1v) is 10.4. The molecule has 2 saturated heterocycles. The van der Waals surface area contributed by atoms with E-state index in [4.69, 9.17) is 0 Å². The second-order valence-corrected chi connectivity index (χ2v) is 8.00. The van der Waals surface area contributed by atoms with Crippen LogP contribution in [-0.4, -0.2) is 36.0 Å². The van der Waals surface area contributed by atoms with Gasteiger partial charge in [0.25, 0.3) is 0 Å². The number of fused-ring (bicyclic) bond motifs is 3. The maximum absolute atomic E-state index is 12.9. The summed E-state index contributed by atoms with van der Waals surface area (Å²) in [7, 11) is 0. The second kappa shape index (κ2) is 8.26. The van der Waals surface area contributed by atoms with Crippen molar-refractivity contribution in [2.24, 2.45) is 5.92 Å². The normalized spacial score (nSPS) is 24.7. The van der Waals surface area contributed by atoms with Gasteiger partial charge in [-0.1, -0.05) is 55.5 Å². The molecule has 1 amide bonds. The number of hydrogen-bond acceptors (Lipinski definition) is 2. The monoisotopic (exact) mass is 362 g/mol. The predicted octanol–water partition coefficient (Wildman–Crippen LogP) is 4.53. The highest BCUT2D eigenvalue weighted by Gasteiger charge is 2.44. The van der Waals surface area contributed by atoms with Gasteiger partial charge in [0, 0.05) is 31.2 Å². The third kappa shape index (κ3) is 3.93. The van der Waals surface area contributed by atoms with Gasteiger partial charge in [-0.2, -0.15) is 0 Å². The van der Waals surface area contributed by atoms with Gasteiger partial charge in [-0.3, -0.25) is 9.69 Å². The molecule has 2 aliphatic heterocycles. The molecular weight excluding hydrogens is 332 g/mol. The molecule has 142 valence electrons. The number of hydrogen-bond donors (Lipinski definition) is 0. The van der Waals surface area contributed by atoms with Gasteiger partial charge >= 0.3 is 0 Å². The fourth-order valence-corrected chi connectivity index (χ4v) is 5.01. The third-order valence-corrected chi connectivity index (χ3v) is 6.32. The minimum Gasteiger partial charge on any atom is -0.308 e. The summed E-state index contributed by atoms with van der Waals surface area (Å²) < 4.78 is 0. The summed E-state index contributed by atoms with van der Waals surface area (Å²) in [6.07, 6.45) is 5.32. The molecule has 3 fully saturated rings. The van der Waals surface area contributed by atoms with Gasteiger partial charge in [0.1, 0.15) is 0 Å². The molecule has 0 N–H and O–H groups in total. The van der Waals surface area contributed by atoms with Gasteiger partial charge in [-0.15, -0.1) is 0 Å². The zero-order chi connectivity index (χ0) is 18.6. The van der Waals surface area contributed by atoms with Crippen LogP contribution >= 0.6 is 0 Å². The van der Waals surface area contributed by atoms with Crippen molar-refractivity contribution < 1.29 is 4.79 Å². The van der Waals surface area contributed by atoms with Crippen LogP contribution in [0.5, 0.6) is 0 Å². The number of carbonyl (C=O) groups excluding carboxylic acids is 1. The Morgan fingerprint density at radius 3 is 2.41 bits per heavy atom. The first-order chi connectivity index (χ1) is 13.3. The lowest BCUT2D eigenvalue weighted by Crippen LogP contribution is -2.62. The van der Waals surface area contributed by atoms with Crippen LogP contribution in [0.3, 0.4) is 0 Å². The van der Waals surface area contributed by atoms with Crippen molar-refractivity contribution in [3.63, 3.8) is 0 Å². The number of para-hydroxylation sites is 1. The van der Waals surface area contributed by atoms with E-state index in [-0.39, 0.29) is 5.91 Å². The molecule has 0 aromatic heterocycles. The zero-order valence-corrected chi connectivity index (χ0v) is 16.3. The molecule has 3 nitrogen and oxygen atoms in total. The van der Waals surface area contributed by atoms with Crippen LogP contribution in [0.15, 0.2) is 60.7 Å². The van der Waals surface area contributed by atoms with Crippen LogP contribution in [0.2, 0.25) is 0 Å². The van der Waals surface area contributed by atoms with Gasteiger partial charge in [0.2, 0.25) is 5.91 Å². The largest absolute Gasteiger partial charge is 0.308 e. The molecule has 0 unspecified atom stereocenters. The van der Waals surface area contributed by atoms with Crippen molar-refractivity contribution in [3.05, 3.63) is 66.2 Å². The first kappa shape index (κ1) is 18.2. The summed E-state index contributed by atoms with van der Waals surface area (Å²) >= 11 is 0. The molecule has 0 radical (unpaired) electrons. The van der Waals surface area contributed by atoms with E-state index in [1.807, 2.05) is 25.1 Å². The number of rotatable bonds is 6. The molecular formula is C24H30N2O. The number of piperidine rings is 2. The summed E-state index contributed by atoms with van der Waals surface area (Å²) in [6, 6.07) is 21.8. The van der Waals surface area contributed by atoms with Gasteiger partial charge in [-0.25, -0.2) is 0 Å². The van der Waals surface area contributed by atoms with E-state index in [1.165, 1.54) is 24.9 Å². The zero-order valence-electron chi connectivity index (χ0n) is 16.3. The smallest absolute Gasteiger partial charge is 0.227 e. The Bertz CT molecular complexity index is 745. The second-order valence-electron chi connectivity index (χ2n) is 8.00. The Kier molecular flexibility index (Phi) is 5.58. The van der Waals surface area contributed by atoms with Gasteiger partial charge in [-0.05, 0) is 49.3 Å². The highest BCUT2D eigenvalue weighted by Crippen LogP contribution is 2.39. The molecule has 27 heavy (non-hydrogen) atoms. The molecule has 2 heterocycles. The summed E-state index contributed by atoms with van der Waals surface area (Å²) in [4.78, 5) is 17.7. The van der Waals surface area contributed by atoms with Crippen molar-refractivity contribution in [1.82, 2.24) is 4.90 Å². The molecule has 0 spiro atoms. The van der Waals surface area contributed by atoms with Crippen LogP contribution in [0.4, 0.5) is 5.69 Å². The lowest BCUT2D eigenvalue weighted by Gasteiger charge is -2.53. The van der Waals surface area contributed by atoms with E-state index in [0.29, 0.717) is 24.4 Å². The average molecular weight is 363 g/mol. The predicted molar refractivity (Wildman–Crippen MR) is 111 cm³/mol. The third-order valence-electron chi connectivity index (χ3n) is 6.32. The molecule has 5 rings (SSSR count). The summed E-state index contributed by atoms with van der Waals surface area (Å²) in [5, 5.41) is 0. The molecule has 2 aromatic carbocycles. The Morgan fingerprint density at radius 2 is 1.74 bits per heavy atom. The van der Waals surface area contributed by atoms with Crippen molar-refractivity contribution >= 4 is 11.6 Å². The SMILES string of the molecule is CCC(=O)N(c1ccccc1)[C@@H]1C[C@H]2CC[C@H]1N(CCc1ccccc1)C2. The maximum Gasteiger partial charge on any atom is 0.227 e. The number of nitrogens with zero attached hydrogens (tertiary/aromatic N) is 2. The van der Waals surface area contributed by atoms with Crippen molar-refractivity contribution in [3.8, 4) is 0 Å². The summed E-state index contributed by atoms with van der Waals surface area (Å²) in [6.45, 7) is 4.26. The maximum atomic E-state index is 12.9. The fourth-order valence-electron chi connectivity index (χ4n) is 5.01. The Hall–Kier alpha value is -2.13. The van der Waals surface area contributed by atoms with Crippen LogP contribution in [0.1, 0.15) is 38.2 Å². The topological polar surface area (TPSA) is 23.6 Å². The van der Waals surface area contributed by atoms with Crippen molar-refractivity contribution in [2.45, 2.75) is 51.1 Å². The number of amides is 1. The lowest BCUT2D eigenvalue weighted by molar-refractivity contribution is -0.120. The Labute approximate surface area is 163 Å². The van der Waals surface area contributed by atoms with E-state index in [0.717, 1.165) is 25.1 Å². The van der Waals surface area contributed by atoms with Gasteiger partial charge in [0.05, 0.1) is 6.04 Å². The first-order valence-electron chi connectivity index (χ1n) is 10.4. The average Bonchev–Trinajstić information content (AvgIpc) is 2.74. The minimum atomic E-state index is 0.252. The molecule has 1 saturated carbocycles. The molecule has 3 aliphatic rings. The summed E-state index contributed by atoms with van der Waals surface area (Å²) in [5.74, 6) is 0.966. The van der Waals surface area contributed by atoms with Crippen LogP contribution in [0.25, 0.3) is 0 Å². The van der Waals surface area contributed by atoms with Crippen LogP contribution in [0, 0.1) is 5.92 Å². The molecule has 2 aromatic rings. The number of benzene rings is 2. The van der Waals surface area contributed by atoms with E-state index in [1.54, 1.807) is 0 Å². The minimum absolute atomic E-state index is 0.252. The van der Waals surface area contributed by atoms with Crippen LogP contribution in [-0.2, 0) is 11.2 Å². The highest BCUT2D eigenvalue weighted by molar-refractivity contribution is 5.93. The van der Waals surface area contributed by atoms with E-state index in [9.17, 15) is 4.79 Å². The number of carbonyl (C=O) groups is 1. The number of anilines is 1. The highest BCUT2D eigenvalue weighted by atomic mass is 16.2. The van der Waals surface area contributed by atoms with Crippen molar-refractivity contribution in [2.75, 3.05) is 18.0 Å². The Balaban J connectivity index is 1.54. The van der Waals surface area contributed by atoms with Gasteiger partial charge in [0.15, 0.2) is 0 Å². The van der Waals surface area contributed by atoms with Crippen molar-refractivity contribution in [1.29, 1.82) is 0 Å². The molecule has 3 atom stereocenters. The Morgan fingerprint density at radius 1 is 1.04 bits per heavy atom.